The van der Waals surface area contributed by atoms with Crippen LogP contribution in [0.1, 0.15) is 53.5 Å². The first-order valence-corrected chi connectivity index (χ1v) is 11.8. The van der Waals surface area contributed by atoms with Crippen molar-refractivity contribution in [3.05, 3.63) is 89.4 Å². The number of carbonyl (C=O) groups is 2. The van der Waals surface area contributed by atoms with E-state index in [-0.39, 0.29) is 18.9 Å². The van der Waals surface area contributed by atoms with E-state index in [0.29, 0.717) is 17.3 Å². The summed E-state index contributed by atoms with van der Waals surface area (Å²) in [5.74, 6) is 0.610. The van der Waals surface area contributed by atoms with Crippen molar-refractivity contribution in [1.82, 2.24) is 14.5 Å². The molecule has 0 saturated carbocycles. The van der Waals surface area contributed by atoms with Gasteiger partial charge in [0.2, 0.25) is 0 Å². The molecule has 0 aliphatic rings. The molecule has 0 unspecified atom stereocenters. The van der Waals surface area contributed by atoms with Crippen LogP contribution in [0.3, 0.4) is 0 Å². The molecular formula is C28H30N4O3. The Morgan fingerprint density at radius 1 is 1.03 bits per heavy atom. The average Bonchev–Trinajstić information content (AvgIpc) is 3.18. The van der Waals surface area contributed by atoms with Gasteiger partial charge in [-0.05, 0) is 53.8 Å². The number of benzene rings is 2. The van der Waals surface area contributed by atoms with Crippen LogP contribution in [0.15, 0.2) is 66.9 Å². The second-order valence-corrected chi connectivity index (χ2v) is 8.98. The first-order chi connectivity index (χ1) is 16.8. The summed E-state index contributed by atoms with van der Waals surface area (Å²) in [4.78, 5) is 34.9. The van der Waals surface area contributed by atoms with Crippen LogP contribution in [0.5, 0.6) is 0 Å². The van der Waals surface area contributed by atoms with Gasteiger partial charge in [-0.1, -0.05) is 44.2 Å². The number of imidazole rings is 1. The van der Waals surface area contributed by atoms with Crippen LogP contribution in [0.25, 0.3) is 11.0 Å². The van der Waals surface area contributed by atoms with E-state index >= 15 is 0 Å². The number of aliphatic carboxylic acids is 1. The third-order valence-corrected chi connectivity index (χ3v) is 6.22. The number of pyridine rings is 1. The number of carboxylic acids is 1. The molecule has 4 aromatic rings. The molecule has 0 bridgehead atoms. The summed E-state index contributed by atoms with van der Waals surface area (Å²) in [6.07, 6.45) is 3.08. The summed E-state index contributed by atoms with van der Waals surface area (Å²) in [7, 11) is 1.99. The van der Waals surface area contributed by atoms with Crippen LogP contribution in [0, 0.1) is 0 Å². The summed E-state index contributed by atoms with van der Waals surface area (Å²) < 4.78 is 2.06. The van der Waals surface area contributed by atoms with Crippen molar-refractivity contribution in [2.45, 2.75) is 39.0 Å². The fraction of sp³-hybridized carbons (Fsp3) is 0.286. The predicted molar refractivity (Wildman–Crippen MR) is 137 cm³/mol. The minimum Gasteiger partial charge on any atom is -0.481 e. The first kappa shape index (κ1) is 24.1. The Labute approximate surface area is 205 Å². The van der Waals surface area contributed by atoms with Crippen molar-refractivity contribution < 1.29 is 14.7 Å². The van der Waals surface area contributed by atoms with Gasteiger partial charge < -0.3 is 9.67 Å². The highest BCUT2D eigenvalue weighted by molar-refractivity contribution is 6.07. The zero-order valence-corrected chi connectivity index (χ0v) is 20.3. The Balaban J connectivity index is 1.55. The second-order valence-electron chi connectivity index (χ2n) is 8.98. The van der Waals surface area contributed by atoms with E-state index < -0.39 is 5.97 Å². The molecule has 35 heavy (non-hydrogen) atoms. The Bertz CT molecular complexity index is 1330. The van der Waals surface area contributed by atoms with Crippen LogP contribution < -0.4 is 4.90 Å². The van der Waals surface area contributed by atoms with E-state index in [0.717, 1.165) is 29.7 Å². The summed E-state index contributed by atoms with van der Waals surface area (Å²) in [5, 5.41) is 9.14. The van der Waals surface area contributed by atoms with Crippen LogP contribution >= 0.6 is 0 Å². The number of carboxylic acid groups (broad SMARTS) is 1. The van der Waals surface area contributed by atoms with E-state index in [2.05, 4.69) is 47.7 Å². The molecule has 4 rings (SSSR count). The van der Waals surface area contributed by atoms with Crippen molar-refractivity contribution in [2.24, 2.45) is 7.05 Å². The Morgan fingerprint density at radius 2 is 1.80 bits per heavy atom. The topological polar surface area (TPSA) is 88.3 Å². The van der Waals surface area contributed by atoms with Gasteiger partial charge in [0.05, 0.1) is 17.5 Å². The summed E-state index contributed by atoms with van der Waals surface area (Å²) in [6.45, 7) is 4.41. The zero-order valence-electron chi connectivity index (χ0n) is 20.3. The number of hydrogen-bond acceptors (Lipinski definition) is 4. The van der Waals surface area contributed by atoms with Gasteiger partial charge in [-0.3, -0.25) is 14.5 Å². The highest BCUT2D eigenvalue weighted by Crippen LogP contribution is 2.22. The fourth-order valence-electron chi connectivity index (χ4n) is 4.13. The normalized spacial score (nSPS) is 11.2. The number of fused-ring (bicyclic) bond motifs is 1. The predicted octanol–water partition coefficient (Wildman–Crippen LogP) is 5.00. The lowest BCUT2D eigenvalue weighted by atomic mass is 10.0. The number of aryl methyl sites for hydroxylation is 3. The number of aromatic nitrogens is 3. The quantitative estimate of drug-likeness (QED) is 0.372. The van der Waals surface area contributed by atoms with Gasteiger partial charge >= 0.3 is 5.97 Å². The molecule has 0 saturated heterocycles. The second kappa shape index (κ2) is 10.5. The van der Waals surface area contributed by atoms with Crippen LogP contribution in [-0.2, 0) is 24.7 Å². The molecule has 7 heteroatoms. The lowest BCUT2D eigenvalue weighted by Crippen LogP contribution is -2.33. The van der Waals surface area contributed by atoms with Crippen molar-refractivity contribution in [2.75, 3.05) is 11.4 Å². The van der Waals surface area contributed by atoms with E-state index in [9.17, 15) is 9.59 Å². The largest absolute Gasteiger partial charge is 0.481 e. The van der Waals surface area contributed by atoms with Gasteiger partial charge in [-0.2, -0.15) is 0 Å². The van der Waals surface area contributed by atoms with Crippen molar-refractivity contribution >= 4 is 28.7 Å². The number of hydrogen-bond donors (Lipinski definition) is 1. The van der Waals surface area contributed by atoms with Crippen LogP contribution in [0.4, 0.5) is 5.82 Å². The molecule has 2 aromatic carbocycles. The molecule has 1 N–H and O–H groups in total. The van der Waals surface area contributed by atoms with Gasteiger partial charge in [0.25, 0.3) is 5.91 Å². The standard InChI is InChI=1S/C28H30N4O3/c1-19(2)21-10-7-20(8-11-21)9-14-26-30-23-18-22(12-13-24(23)31(26)3)28(35)32(17-15-27(33)34)25-6-4-5-16-29-25/h4-8,10-13,16,18-19H,9,14-15,17H2,1-3H3,(H,33,34). The monoisotopic (exact) mass is 470 g/mol. The van der Waals surface area contributed by atoms with Crippen LogP contribution in [0.2, 0.25) is 0 Å². The maximum Gasteiger partial charge on any atom is 0.305 e. The van der Waals surface area contributed by atoms with E-state index in [1.54, 1.807) is 36.5 Å². The van der Waals surface area contributed by atoms with Crippen molar-refractivity contribution in [1.29, 1.82) is 0 Å². The highest BCUT2D eigenvalue weighted by Gasteiger charge is 2.21. The molecule has 0 spiro atoms. The lowest BCUT2D eigenvalue weighted by molar-refractivity contribution is -0.136. The molecule has 180 valence electrons. The Morgan fingerprint density at radius 3 is 2.46 bits per heavy atom. The lowest BCUT2D eigenvalue weighted by Gasteiger charge is -2.21. The molecular weight excluding hydrogens is 440 g/mol. The number of carbonyl (C=O) groups excluding carboxylic acids is 1. The minimum absolute atomic E-state index is 0.0340. The van der Waals surface area contributed by atoms with Gasteiger partial charge in [0, 0.05) is 31.8 Å². The van der Waals surface area contributed by atoms with Crippen LogP contribution in [-0.4, -0.2) is 38.1 Å². The van der Waals surface area contributed by atoms with Gasteiger partial charge in [0.15, 0.2) is 0 Å². The third kappa shape index (κ3) is 5.57. The highest BCUT2D eigenvalue weighted by atomic mass is 16.4. The van der Waals surface area contributed by atoms with Crippen molar-refractivity contribution in [3.8, 4) is 0 Å². The van der Waals surface area contributed by atoms with E-state index in [1.165, 1.54) is 16.0 Å². The Hall–Kier alpha value is -4.00. The number of nitrogens with zero attached hydrogens (tertiary/aromatic N) is 4. The Kier molecular flexibility index (Phi) is 7.25. The molecule has 2 aromatic heterocycles. The van der Waals surface area contributed by atoms with Gasteiger partial charge in [-0.25, -0.2) is 9.97 Å². The summed E-state index contributed by atoms with van der Waals surface area (Å²) in [5.41, 5.74) is 4.73. The molecule has 2 heterocycles. The fourth-order valence-corrected chi connectivity index (χ4v) is 4.13. The number of rotatable bonds is 9. The van der Waals surface area contributed by atoms with Gasteiger partial charge in [0.1, 0.15) is 11.6 Å². The number of anilines is 1. The molecule has 7 nitrogen and oxygen atoms in total. The molecule has 0 fully saturated rings. The smallest absolute Gasteiger partial charge is 0.305 e. The summed E-state index contributed by atoms with van der Waals surface area (Å²) >= 11 is 0. The van der Waals surface area contributed by atoms with E-state index in [1.807, 2.05) is 13.1 Å². The molecule has 0 atom stereocenters. The maximum atomic E-state index is 13.3. The number of amides is 1. The average molecular weight is 471 g/mol. The maximum absolute atomic E-state index is 13.3. The van der Waals surface area contributed by atoms with Gasteiger partial charge in [-0.15, -0.1) is 0 Å². The first-order valence-electron chi connectivity index (χ1n) is 11.8. The SMILES string of the molecule is CC(C)c1ccc(CCc2nc3cc(C(=O)N(CCC(=O)O)c4ccccn4)ccc3n2C)cc1. The van der Waals surface area contributed by atoms with Crippen molar-refractivity contribution in [3.63, 3.8) is 0 Å². The molecule has 0 aliphatic heterocycles. The molecule has 0 radical (unpaired) electrons. The summed E-state index contributed by atoms with van der Waals surface area (Å²) in [6, 6.07) is 19.4. The van der Waals surface area contributed by atoms with E-state index in [4.69, 9.17) is 10.1 Å². The molecule has 1 amide bonds. The minimum atomic E-state index is -0.970. The molecule has 0 aliphatic carbocycles. The third-order valence-electron chi connectivity index (χ3n) is 6.22. The zero-order chi connectivity index (χ0) is 24.9.